The van der Waals surface area contributed by atoms with Gasteiger partial charge in [-0.2, -0.15) is 0 Å². The molecule has 0 bridgehead atoms. The van der Waals surface area contributed by atoms with Crippen LogP contribution < -0.4 is 4.74 Å². The summed E-state index contributed by atoms with van der Waals surface area (Å²) in [5.74, 6) is 0.688. The highest BCUT2D eigenvalue weighted by Gasteiger charge is 2.15. The lowest BCUT2D eigenvalue weighted by molar-refractivity contribution is 0.415. The van der Waals surface area contributed by atoms with Gasteiger partial charge in [0.1, 0.15) is 5.75 Å². The maximum Gasteiger partial charge on any atom is 0.137 e. The molecule has 0 aliphatic rings. The first kappa shape index (κ1) is 14.9. The van der Waals surface area contributed by atoms with Gasteiger partial charge in [0.05, 0.1) is 17.0 Å². The van der Waals surface area contributed by atoms with E-state index in [4.69, 9.17) is 16.3 Å². The Morgan fingerprint density at radius 2 is 1.95 bits per heavy atom. The Balaban J connectivity index is 2.41. The van der Waals surface area contributed by atoms with Crippen LogP contribution in [0.1, 0.15) is 21.5 Å². The van der Waals surface area contributed by atoms with Crippen molar-refractivity contribution in [1.82, 2.24) is 0 Å². The van der Waals surface area contributed by atoms with Crippen molar-refractivity contribution in [3.63, 3.8) is 0 Å². The molecule has 0 fully saturated rings. The van der Waals surface area contributed by atoms with Crippen LogP contribution in [-0.4, -0.2) is 7.11 Å². The number of alkyl halides is 1. The highest BCUT2D eigenvalue weighted by molar-refractivity contribution is 9.11. The molecule has 2 rings (SSSR count). The van der Waals surface area contributed by atoms with E-state index in [2.05, 4.69) is 57.0 Å². The Kier molecular flexibility index (Phi) is 4.93. The predicted molar refractivity (Wildman–Crippen MR) is 87.7 cm³/mol. The van der Waals surface area contributed by atoms with Gasteiger partial charge in [0.15, 0.2) is 0 Å². The van der Waals surface area contributed by atoms with Gasteiger partial charge in [0.25, 0.3) is 0 Å². The van der Waals surface area contributed by atoms with Gasteiger partial charge in [-0.15, -0.1) is 0 Å². The first-order valence-corrected chi connectivity index (χ1v) is 7.85. The Hall–Kier alpha value is -0.510. The Bertz CT molecular complexity index is 599. The summed E-state index contributed by atoms with van der Waals surface area (Å²) in [5.41, 5.74) is 3.49. The van der Waals surface area contributed by atoms with Crippen molar-refractivity contribution in [1.29, 1.82) is 0 Å². The lowest BCUT2D eigenvalue weighted by atomic mass is 10.0. The molecule has 4 heteroatoms. The second-order valence-electron chi connectivity index (χ2n) is 4.23. The molecule has 1 unspecified atom stereocenters. The zero-order chi connectivity index (χ0) is 14.0. The van der Waals surface area contributed by atoms with E-state index in [1.165, 1.54) is 11.1 Å². The largest absolute Gasteiger partial charge is 0.495 e. The molecule has 1 nitrogen and oxygen atoms in total. The van der Waals surface area contributed by atoms with Crippen molar-refractivity contribution in [2.75, 3.05) is 7.11 Å². The maximum absolute atomic E-state index is 6.17. The topological polar surface area (TPSA) is 9.23 Å². The summed E-state index contributed by atoms with van der Waals surface area (Å²) >= 11 is 13.5. The minimum atomic E-state index is 0.0881. The first-order chi connectivity index (χ1) is 9.04. The van der Waals surface area contributed by atoms with Crippen molar-refractivity contribution < 1.29 is 4.74 Å². The number of rotatable bonds is 3. The number of ether oxygens (including phenoxy) is 1. The molecule has 2 aromatic carbocycles. The van der Waals surface area contributed by atoms with E-state index in [1.807, 2.05) is 18.2 Å². The van der Waals surface area contributed by atoms with Gasteiger partial charge in [-0.1, -0.05) is 67.7 Å². The van der Waals surface area contributed by atoms with Crippen molar-refractivity contribution in [3.05, 3.63) is 62.6 Å². The van der Waals surface area contributed by atoms with Gasteiger partial charge in [-0.25, -0.2) is 0 Å². The van der Waals surface area contributed by atoms with Crippen molar-refractivity contribution >= 4 is 43.5 Å². The van der Waals surface area contributed by atoms with E-state index in [1.54, 1.807) is 7.11 Å². The summed E-state index contributed by atoms with van der Waals surface area (Å²) in [6.45, 7) is 2.08. The average Bonchev–Trinajstić information content (AvgIpc) is 2.41. The molecular formula is C15H13Br2ClO. The molecule has 0 aromatic heterocycles. The summed E-state index contributed by atoms with van der Waals surface area (Å²) in [6.07, 6.45) is 0. The molecule has 2 aromatic rings. The second-order valence-corrected chi connectivity index (χ2v) is 6.35. The van der Waals surface area contributed by atoms with Gasteiger partial charge in [-0.05, 0) is 35.7 Å². The number of benzene rings is 2. The zero-order valence-electron chi connectivity index (χ0n) is 10.6. The standard InChI is InChI=1S/C15H13Br2ClO/c1-9-4-3-5-11(14(9)16)15(17)10-6-7-13(19-2)12(18)8-10/h3-8,15H,1-2H3. The normalized spacial score (nSPS) is 12.3. The lowest BCUT2D eigenvalue weighted by Gasteiger charge is -2.15. The molecule has 0 saturated carbocycles. The van der Waals surface area contributed by atoms with Crippen LogP contribution in [0.25, 0.3) is 0 Å². The number of hydrogen-bond acceptors (Lipinski definition) is 1. The van der Waals surface area contributed by atoms with Crippen LogP contribution in [-0.2, 0) is 0 Å². The lowest BCUT2D eigenvalue weighted by Crippen LogP contribution is -1.96. The van der Waals surface area contributed by atoms with Crippen LogP contribution in [0, 0.1) is 6.92 Å². The van der Waals surface area contributed by atoms with E-state index < -0.39 is 0 Å². The predicted octanol–water partition coefficient (Wildman–Crippen LogP) is 5.90. The first-order valence-electron chi connectivity index (χ1n) is 5.77. The van der Waals surface area contributed by atoms with Crippen molar-refractivity contribution in [3.8, 4) is 5.75 Å². The van der Waals surface area contributed by atoms with E-state index in [-0.39, 0.29) is 4.83 Å². The second kappa shape index (κ2) is 6.29. The smallest absolute Gasteiger partial charge is 0.137 e. The van der Waals surface area contributed by atoms with Crippen LogP contribution in [0.2, 0.25) is 5.02 Å². The summed E-state index contributed by atoms with van der Waals surface area (Å²) in [6, 6.07) is 12.0. The third-order valence-corrected chi connectivity index (χ3v) is 5.36. The maximum atomic E-state index is 6.17. The minimum absolute atomic E-state index is 0.0881. The fraction of sp³-hybridized carbons (Fsp3) is 0.200. The van der Waals surface area contributed by atoms with Crippen molar-refractivity contribution in [2.45, 2.75) is 11.8 Å². The highest BCUT2D eigenvalue weighted by atomic mass is 79.9. The number of aryl methyl sites for hydroxylation is 1. The van der Waals surface area contributed by atoms with E-state index in [9.17, 15) is 0 Å². The molecule has 0 aliphatic carbocycles. The van der Waals surface area contributed by atoms with E-state index >= 15 is 0 Å². The Morgan fingerprint density at radius 3 is 2.58 bits per heavy atom. The molecule has 0 aliphatic heterocycles. The molecule has 0 saturated heterocycles. The molecule has 19 heavy (non-hydrogen) atoms. The Labute approximate surface area is 135 Å². The quantitative estimate of drug-likeness (QED) is 0.579. The van der Waals surface area contributed by atoms with E-state index in [0.717, 1.165) is 10.0 Å². The van der Waals surface area contributed by atoms with E-state index in [0.29, 0.717) is 10.8 Å². The van der Waals surface area contributed by atoms with Gasteiger partial charge < -0.3 is 4.74 Å². The molecule has 0 heterocycles. The zero-order valence-corrected chi connectivity index (χ0v) is 14.5. The fourth-order valence-electron chi connectivity index (χ4n) is 1.89. The van der Waals surface area contributed by atoms with Gasteiger partial charge in [0.2, 0.25) is 0 Å². The molecule has 0 amide bonds. The van der Waals surface area contributed by atoms with Gasteiger partial charge >= 0.3 is 0 Å². The Morgan fingerprint density at radius 1 is 1.21 bits per heavy atom. The molecule has 0 radical (unpaired) electrons. The monoisotopic (exact) mass is 402 g/mol. The van der Waals surface area contributed by atoms with Crippen LogP contribution in [0.3, 0.4) is 0 Å². The summed E-state index contributed by atoms with van der Waals surface area (Å²) in [4.78, 5) is 0.0881. The van der Waals surface area contributed by atoms with Crippen LogP contribution in [0.4, 0.5) is 0 Å². The van der Waals surface area contributed by atoms with Gasteiger partial charge in [0, 0.05) is 4.47 Å². The average molecular weight is 405 g/mol. The van der Waals surface area contributed by atoms with Crippen LogP contribution in [0.15, 0.2) is 40.9 Å². The molecule has 0 spiro atoms. The molecule has 100 valence electrons. The fourth-order valence-corrected chi connectivity index (χ4v) is 3.62. The summed E-state index contributed by atoms with van der Waals surface area (Å²) in [7, 11) is 1.61. The highest BCUT2D eigenvalue weighted by Crippen LogP contribution is 2.38. The number of halogens is 3. The minimum Gasteiger partial charge on any atom is -0.495 e. The summed E-state index contributed by atoms with van der Waals surface area (Å²) in [5, 5.41) is 0.619. The van der Waals surface area contributed by atoms with Crippen LogP contribution >= 0.6 is 43.5 Å². The summed E-state index contributed by atoms with van der Waals surface area (Å²) < 4.78 is 6.29. The van der Waals surface area contributed by atoms with Gasteiger partial charge in [-0.3, -0.25) is 0 Å². The van der Waals surface area contributed by atoms with Crippen molar-refractivity contribution in [2.24, 2.45) is 0 Å². The number of hydrogen-bond donors (Lipinski definition) is 0. The molecule has 0 N–H and O–H groups in total. The molecular weight excluding hydrogens is 391 g/mol. The third-order valence-electron chi connectivity index (χ3n) is 2.96. The van der Waals surface area contributed by atoms with Crippen LogP contribution in [0.5, 0.6) is 5.75 Å². The third kappa shape index (κ3) is 3.15. The SMILES string of the molecule is COc1ccc(C(Br)c2cccc(C)c2Br)cc1Cl. The molecule has 1 atom stereocenters. The number of methoxy groups -OCH3 is 1.